The molecular weight excluding hydrogens is 350 g/mol. The first-order chi connectivity index (χ1) is 12.4. The number of nitrogens with one attached hydrogen (secondary N) is 2. The average molecular weight is 381 g/mol. The second-order valence-electron chi connectivity index (χ2n) is 7.49. The molecule has 2 aliphatic rings. The predicted octanol–water partition coefficient (Wildman–Crippen LogP) is -0.0208. The Morgan fingerprint density at radius 1 is 1.23 bits per heavy atom. The molecule has 0 aromatic heterocycles. The van der Waals surface area contributed by atoms with Crippen molar-refractivity contribution in [1.29, 1.82) is 0 Å². The summed E-state index contributed by atoms with van der Waals surface area (Å²) in [7, 11) is -3.44. The van der Waals surface area contributed by atoms with Crippen LogP contribution in [-0.4, -0.2) is 57.4 Å². The minimum Gasteiger partial charge on any atom is -0.349 e. The largest absolute Gasteiger partial charge is 0.349 e. The number of hydrogen-bond donors (Lipinski definition) is 2. The fraction of sp³-hybridized carbons (Fsp3) is 0.632. The smallest absolute Gasteiger partial charge is 0.275 e. The molecule has 1 amide bonds. The molecule has 3 rings (SSSR count). The second kappa shape index (κ2) is 8.06. The fourth-order valence-electron chi connectivity index (χ4n) is 3.73. The molecule has 1 aliphatic carbocycles. The molecule has 1 heterocycles. The lowest BCUT2D eigenvalue weighted by molar-refractivity contribution is -0.895. The van der Waals surface area contributed by atoms with E-state index in [4.69, 9.17) is 0 Å². The highest BCUT2D eigenvalue weighted by Gasteiger charge is 2.31. The Morgan fingerprint density at radius 2 is 1.92 bits per heavy atom. The zero-order valence-electron chi connectivity index (χ0n) is 15.8. The molecule has 6 nitrogen and oxygen atoms in total. The van der Waals surface area contributed by atoms with Crippen molar-refractivity contribution in [2.24, 2.45) is 0 Å². The highest BCUT2D eigenvalue weighted by Crippen LogP contribution is 2.26. The molecule has 0 bridgehead atoms. The van der Waals surface area contributed by atoms with Crippen LogP contribution in [0.5, 0.6) is 0 Å². The number of hydrogen-bond acceptors (Lipinski definition) is 3. The molecule has 1 aromatic rings. The summed E-state index contributed by atoms with van der Waals surface area (Å²) in [4.78, 5) is 13.6. The van der Waals surface area contributed by atoms with Crippen molar-refractivity contribution in [1.82, 2.24) is 9.62 Å². The molecule has 1 atom stereocenters. The zero-order valence-corrected chi connectivity index (χ0v) is 16.6. The molecule has 144 valence electrons. The molecule has 1 aliphatic heterocycles. The van der Waals surface area contributed by atoms with E-state index in [1.54, 1.807) is 10.4 Å². The molecular formula is C19H30N3O3S+. The van der Waals surface area contributed by atoms with Crippen LogP contribution in [0.4, 0.5) is 0 Å². The normalized spacial score (nSPS) is 19.9. The summed E-state index contributed by atoms with van der Waals surface area (Å²) >= 11 is 0. The maximum Gasteiger partial charge on any atom is 0.275 e. The van der Waals surface area contributed by atoms with Gasteiger partial charge in [0.05, 0.1) is 31.1 Å². The highest BCUT2D eigenvalue weighted by atomic mass is 32.2. The fourth-order valence-corrected chi connectivity index (χ4v) is 5.22. The van der Waals surface area contributed by atoms with Crippen LogP contribution < -0.4 is 10.2 Å². The van der Waals surface area contributed by atoms with Crippen LogP contribution >= 0.6 is 0 Å². The molecule has 0 spiro atoms. The maximum atomic E-state index is 12.9. The quantitative estimate of drug-likeness (QED) is 0.729. The monoisotopic (exact) mass is 380 g/mol. The lowest BCUT2D eigenvalue weighted by atomic mass is 10.1. The van der Waals surface area contributed by atoms with E-state index in [9.17, 15) is 13.2 Å². The number of amides is 1. The first-order valence-corrected chi connectivity index (χ1v) is 11.1. The van der Waals surface area contributed by atoms with Gasteiger partial charge in [0.1, 0.15) is 0 Å². The number of sulfonamides is 1. The van der Waals surface area contributed by atoms with Crippen molar-refractivity contribution in [2.45, 2.75) is 50.5 Å². The van der Waals surface area contributed by atoms with Gasteiger partial charge in [-0.3, -0.25) is 4.79 Å². The predicted molar refractivity (Wildman–Crippen MR) is 101 cm³/mol. The number of benzene rings is 1. The third kappa shape index (κ3) is 4.27. The van der Waals surface area contributed by atoms with Gasteiger partial charge in [0.2, 0.25) is 10.0 Å². The summed E-state index contributed by atoms with van der Waals surface area (Å²) in [5.41, 5.74) is 2.46. The van der Waals surface area contributed by atoms with E-state index in [0.29, 0.717) is 37.6 Å². The Bertz CT molecular complexity index is 755. The number of quaternary nitrogens is 1. The van der Waals surface area contributed by atoms with Crippen LogP contribution in [0.25, 0.3) is 0 Å². The number of nitrogens with zero attached hydrogens (tertiary/aromatic N) is 1. The average Bonchev–Trinajstić information content (AvgIpc) is 3.09. The van der Waals surface area contributed by atoms with E-state index < -0.39 is 10.0 Å². The zero-order chi connectivity index (χ0) is 18.7. The molecule has 1 aromatic carbocycles. The summed E-state index contributed by atoms with van der Waals surface area (Å²) in [6.45, 7) is 6.71. The number of rotatable bonds is 6. The molecule has 1 saturated heterocycles. The van der Waals surface area contributed by atoms with Crippen molar-refractivity contribution in [2.75, 3.05) is 32.7 Å². The molecule has 26 heavy (non-hydrogen) atoms. The summed E-state index contributed by atoms with van der Waals surface area (Å²) in [6, 6.07) is 5.76. The Balaban J connectivity index is 1.58. The van der Waals surface area contributed by atoms with Gasteiger partial charge in [-0.25, -0.2) is 8.42 Å². The first-order valence-electron chi connectivity index (χ1n) is 9.65. The third-order valence-electron chi connectivity index (χ3n) is 5.57. The van der Waals surface area contributed by atoms with E-state index in [1.165, 1.54) is 11.1 Å². The second-order valence-corrected chi connectivity index (χ2v) is 9.43. The minimum absolute atomic E-state index is 0.0456. The lowest BCUT2D eigenvalue weighted by Gasteiger charge is -2.31. The van der Waals surface area contributed by atoms with Gasteiger partial charge in [0.15, 0.2) is 6.54 Å². The van der Waals surface area contributed by atoms with E-state index in [0.717, 1.165) is 30.6 Å². The number of aryl methyl sites for hydroxylation is 2. The van der Waals surface area contributed by atoms with Crippen LogP contribution in [0, 0.1) is 0 Å². The van der Waals surface area contributed by atoms with Crippen LogP contribution in [0.1, 0.15) is 37.8 Å². The molecule has 0 radical (unpaired) electrons. The van der Waals surface area contributed by atoms with Gasteiger partial charge < -0.3 is 10.2 Å². The topological polar surface area (TPSA) is 70.9 Å². The Kier molecular flexibility index (Phi) is 5.99. The molecule has 0 unspecified atom stereocenters. The summed E-state index contributed by atoms with van der Waals surface area (Å²) < 4.78 is 27.4. The molecule has 7 heteroatoms. The molecule has 1 fully saturated rings. The van der Waals surface area contributed by atoms with Crippen molar-refractivity contribution in [3.05, 3.63) is 29.3 Å². The van der Waals surface area contributed by atoms with Crippen LogP contribution in [0.3, 0.4) is 0 Å². The van der Waals surface area contributed by atoms with Crippen molar-refractivity contribution in [3.8, 4) is 0 Å². The van der Waals surface area contributed by atoms with Gasteiger partial charge in [-0.1, -0.05) is 13.0 Å². The lowest BCUT2D eigenvalue weighted by Crippen LogP contribution is -3.15. The SMILES string of the molecule is CC[C@H](C)NC(=O)C[NH+]1CCN(S(=O)(=O)c2ccc3c(c2)CCC3)CC1. The number of fused-ring (bicyclic) bond motifs is 1. The van der Waals surface area contributed by atoms with Gasteiger partial charge in [-0.05, 0) is 55.9 Å². The Hall–Kier alpha value is -1.44. The summed E-state index contributed by atoms with van der Waals surface area (Å²) in [5.74, 6) is 0.0456. The van der Waals surface area contributed by atoms with Gasteiger partial charge >= 0.3 is 0 Å². The van der Waals surface area contributed by atoms with Crippen LogP contribution in [-0.2, 0) is 27.7 Å². The van der Waals surface area contributed by atoms with E-state index in [2.05, 4.69) is 5.32 Å². The Labute approximate surface area is 156 Å². The van der Waals surface area contributed by atoms with Crippen LogP contribution in [0.15, 0.2) is 23.1 Å². The van der Waals surface area contributed by atoms with E-state index in [1.807, 2.05) is 26.0 Å². The maximum absolute atomic E-state index is 12.9. The van der Waals surface area contributed by atoms with Crippen molar-refractivity contribution >= 4 is 15.9 Å². The number of piperazine rings is 1. The van der Waals surface area contributed by atoms with E-state index in [-0.39, 0.29) is 11.9 Å². The summed E-state index contributed by atoms with van der Waals surface area (Å²) in [5, 5.41) is 2.98. The standard InChI is InChI=1S/C19H29N3O3S/c1-3-15(2)20-19(23)14-21-9-11-22(12-10-21)26(24,25)18-8-7-16-5-4-6-17(16)13-18/h7-8,13,15H,3-6,9-12,14H2,1-2H3,(H,20,23)/p+1/t15-/m0/s1. The van der Waals surface area contributed by atoms with Gasteiger partial charge in [0.25, 0.3) is 5.91 Å². The molecule has 0 saturated carbocycles. The van der Waals surface area contributed by atoms with Crippen LogP contribution in [0.2, 0.25) is 0 Å². The van der Waals surface area contributed by atoms with Gasteiger partial charge in [-0.2, -0.15) is 4.31 Å². The van der Waals surface area contributed by atoms with Crippen molar-refractivity contribution in [3.63, 3.8) is 0 Å². The minimum atomic E-state index is -3.44. The van der Waals surface area contributed by atoms with Gasteiger partial charge in [-0.15, -0.1) is 0 Å². The van der Waals surface area contributed by atoms with Gasteiger partial charge in [0, 0.05) is 6.04 Å². The molecule has 2 N–H and O–H groups in total. The van der Waals surface area contributed by atoms with E-state index >= 15 is 0 Å². The van der Waals surface area contributed by atoms with Crippen molar-refractivity contribution < 1.29 is 18.1 Å². The first kappa shape index (κ1) is 19.3. The third-order valence-corrected chi connectivity index (χ3v) is 7.46. The number of carbonyl (C=O) groups is 1. The summed E-state index contributed by atoms with van der Waals surface area (Å²) in [6.07, 6.45) is 4.05. The highest BCUT2D eigenvalue weighted by molar-refractivity contribution is 7.89. The number of carbonyl (C=O) groups excluding carboxylic acids is 1. The Morgan fingerprint density at radius 3 is 2.62 bits per heavy atom.